The van der Waals surface area contributed by atoms with Crippen molar-refractivity contribution in [2.75, 3.05) is 5.32 Å². The fourth-order valence-corrected chi connectivity index (χ4v) is 10.7. The number of benzene rings is 2. The fourth-order valence-electron chi connectivity index (χ4n) is 5.53. The smallest absolute Gasteiger partial charge is 0.465 e. The van der Waals surface area contributed by atoms with Gasteiger partial charge in [0.05, 0.1) is 11.2 Å². The van der Waals surface area contributed by atoms with E-state index in [-0.39, 0.29) is 0 Å². The summed E-state index contributed by atoms with van der Waals surface area (Å²) in [5, 5.41) is 13.7. The lowest BCUT2D eigenvalue weighted by atomic mass is 9.74. The standard InChI is InChI=1S/C28H40BNO4Si/c1-18(2)35(19(3)4,20(5)6)15-14-21-12-11-13-22-16-23(30-26(31)32)17-24(25(21)22)29-33-27(7,8)28(9,10)34-29/h11-13,16-20,30H,1-10H3,(H,31,32). The molecule has 0 saturated carbocycles. The van der Waals surface area contributed by atoms with Crippen molar-refractivity contribution in [1.82, 2.24) is 0 Å². The zero-order valence-corrected chi connectivity index (χ0v) is 23.9. The number of carboxylic acid groups (broad SMARTS) is 1. The number of anilines is 1. The topological polar surface area (TPSA) is 67.8 Å². The SMILES string of the molecule is CC(C)[Si](C#Cc1cccc2cc(NC(=O)O)cc(B3OC(C)(C)C(C)(C)O3)c12)(C(C)C)C(C)C. The van der Waals surface area contributed by atoms with Crippen LogP contribution in [0, 0.1) is 11.5 Å². The summed E-state index contributed by atoms with van der Waals surface area (Å²) in [4.78, 5) is 11.4. The van der Waals surface area contributed by atoms with Gasteiger partial charge in [0.25, 0.3) is 0 Å². The first-order valence-electron chi connectivity index (χ1n) is 12.6. The number of rotatable bonds is 5. The molecule has 0 aromatic heterocycles. The predicted octanol–water partition coefficient (Wildman–Crippen LogP) is 6.80. The molecule has 35 heavy (non-hydrogen) atoms. The molecular weight excluding hydrogens is 453 g/mol. The molecule has 0 bridgehead atoms. The second kappa shape index (κ2) is 9.65. The molecule has 5 nitrogen and oxygen atoms in total. The molecule has 0 aliphatic carbocycles. The molecule has 1 fully saturated rings. The summed E-state index contributed by atoms with van der Waals surface area (Å²) in [7, 11) is -2.57. The van der Waals surface area contributed by atoms with Crippen molar-refractivity contribution in [3.8, 4) is 11.5 Å². The van der Waals surface area contributed by atoms with Crippen LogP contribution in [-0.2, 0) is 9.31 Å². The third-order valence-electron chi connectivity index (χ3n) is 8.05. The molecule has 1 aliphatic heterocycles. The number of amides is 1. The molecule has 3 rings (SSSR count). The lowest BCUT2D eigenvalue weighted by Gasteiger charge is -2.38. The summed E-state index contributed by atoms with van der Waals surface area (Å²) in [6.07, 6.45) is -1.11. The van der Waals surface area contributed by atoms with Crippen molar-refractivity contribution in [2.24, 2.45) is 0 Å². The Morgan fingerprint density at radius 1 is 0.971 bits per heavy atom. The van der Waals surface area contributed by atoms with Crippen LogP contribution < -0.4 is 10.8 Å². The molecule has 0 atom stereocenters. The monoisotopic (exact) mass is 493 g/mol. The van der Waals surface area contributed by atoms with Crippen LogP contribution in [0.3, 0.4) is 0 Å². The van der Waals surface area contributed by atoms with Crippen LogP contribution in [0.15, 0.2) is 30.3 Å². The first-order valence-corrected chi connectivity index (χ1v) is 14.8. The summed E-state index contributed by atoms with van der Waals surface area (Å²) < 4.78 is 12.8. The van der Waals surface area contributed by atoms with Crippen LogP contribution in [0.4, 0.5) is 10.5 Å². The van der Waals surface area contributed by atoms with Gasteiger partial charge in [0.1, 0.15) is 8.07 Å². The highest BCUT2D eigenvalue weighted by Crippen LogP contribution is 2.41. The number of fused-ring (bicyclic) bond motifs is 1. The third kappa shape index (κ3) is 5.02. The van der Waals surface area contributed by atoms with Gasteiger partial charge < -0.3 is 14.4 Å². The van der Waals surface area contributed by atoms with Crippen molar-refractivity contribution >= 4 is 43.2 Å². The van der Waals surface area contributed by atoms with Crippen molar-refractivity contribution in [3.05, 3.63) is 35.9 Å². The van der Waals surface area contributed by atoms with E-state index in [2.05, 4.69) is 64.4 Å². The summed E-state index contributed by atoms with van der Waals surface area (Å²) >= 11 is 0. The third-order valence-corrected chi connectivity index (χ3v) is 14.3. The molecule has 0 unspecified atom stereocenters. The minimum Gasteiger partial charge on any atom is -0.465 e. The Hall–Kier alpha value is -2.27. The normalized spacial score (nSPS) is 17.2. The maximum absolute atomic E-state index is 11.4. The molecule has 1 saturated heterocycles. The van der Waals surface area contributed by atoms with Crippen molar-refractivity contribution in [1.29, 1.82) is 0 Å². The van der Waals surface area contributed by atoms with Gasteiger partial charge >= 0.3 is 13.2 Å². The minimum absolute atomic E-state index is 0.482. The number of carbonyl (C=O) groups is 1. The molecule has 1 aliphatic rings. The number of hydrogen-bond donors (Lipinski definition) is 2. The Morgan fingerprint density at radius 3 is 2.00 bits per heavy atom. The van der Waals surface area contributed by atoms with Gasteiger partial charge in [0.2, 0.25) is 0 Å². The van der Waals surface area contributed by atoms with Crippen molar-refractivity contribution in [2.45, 2.75) is 97.1 Å². The van der Waals surface area contributed by atoms with Crippen LogP contribution >= 0.6 is 0 Å². The summed E-state index contributed by atoms with van der Waals surface area (Å²) in [6, 6.07) is 9.69. The molecule has 2 aromatic carbocycles. The summed E-state index contributed by atoms with van der Waals surface area (Å²) in [5.41, 5.74) is 6.58. The number of hydrogen-bond acceptors (Lipinski definition) is 3. The van der Waals surface area contributed by atoms with Gasteiger partial charge in [-0.1, -0.05) is 59.6 Å². The Labute approximate surface area is 212 Å². The Balaban J connectivity index is 2.28. The first kappa shape index (κ1) is 27.3. The van der Waals surface area contributed by atoms with E-state index < -0.39 is 32.5 Å². The van der Waals surface area contributed by atoms with Crippen LogP contribution in [-0.4, -0.2) is 37.6 Å². The van der Waals surface area contributed by atoms with Crippen molar-refractivity contribution in [3.63, 3.8) is 0 Å². The summed E-state index contributed by atoms with van der Waals surface area (Å²) in [5.74, 6) is 3.60. The van der Waals surface area contributed by atoms with E-state index in [1.807, 2.05) is 52.0 Å². The van der Waals surface area contributed by atoms with Gasteiger partial charge in [-0.25, -0.2) is 4.79 Å². The van der Waals surface area contributed by atoms with Crippen LogP contribution in [0.1, 0.15) is 74.8 Å². The zero-order valence-electron chi connectivity index (χ0n) is 22.9. The van der Waals surface area contributed by atoms with E-state index in [0.717, 1.165) is 21.8 Å². The van der Waals surface area contributed by atoms with Crippen LogP contribution in [0.2, 0.25) is 16.6 Å². The molecular formula is C28H40BNO4Si. The highest BCUT2D eigenvalue weighted by atomic mass is 28.3. The highest BCUT2D eigenvalue weighted by Gasteiger charge is 2.52. The van der Waals surface area contributed by atoms with Crippen LogP contribution in [0.25, 0.3) is 10.8 Å². The molecule has 7 heteroatoms. The predicted molar refractivity (Wildman–Crippen MR) is 149 cm³/mol. The zero-order chi connectivity index (χ0) is 26.3. The van der Waals surface area contributed by atoms with Gasteiger partial charge in [-0.15, -0.1) is 5.54 Å². The molecule has 0 radical (unpaired) electrons. The van der Waals surface area contributed by atoms with Crippen molar-refractivity contribution < 1.29 is 19.2 Å². The quantitative estimate of drug-likeness (QED) is 0.355. The van der Waals surface area contributed by atoms with Gasteiger partial charge in [0, 0.05) is 11.3 Å². The average molecular weight is 494 g/mol. The average Bonchev–Trinajstić information content (AvgIpc) is 2.93. The van der Waals surface area contributed by atoms with E-state index in [0.29, 0.717) is 22.3 Å². The highest BCUT2D eigenvalue weighted by molar-refractivity contribution is 6.90. The number of nitrogens with one attached hydrogen (secondary N) is 1. The maximum atomic E-state index is 11.4. The van der Waals surface area contributed by atoms with Gasteiger partial charge in [-0.3, -0.25) is 5.32 Å². The van der Waals surface area contributed by atoms with E-state index in [9.17, 15) is 9.90 Å². The molecule has 188 valence electrons. The van der Waals surface area contributed by atoms with E-state index >= 15 is 0 Å². The fraction of sp³-hybridized carbons (Fsp3) is 0.536. The Morgan fingerprint density at radius 2 is 1.51 bits per heavy atom. The minimum atomic E-state index is -1.94. The van der Waals surface area contributed by atoms with E-state index in [4.69, 9.17) is 9.31 Å². The largest absolute Gasteiger partial charge is 0.495 e. The van der Waals surface area contributed by atoms with Crippen LogP contribution in [0.5, 0.6) is 0 Å². The Bertz CT molecular complexity index is 1140. The van der Waals surface area contributed by atoms with E-state index in [1.165, 1.54) is 0 Å². The van der Waals surface area contributed by atoms with Gasteiger partial charge in [0.15, 0.2) is 0 Å². The lowest BCUT2D eigenvalue weighted by molar-refractivity contribution is 0.00578. The van der Waals surface area contributed by atoms with E-state index in [1.54, 1.807) is 0 Å². The Kier molecular flexibility index (Phi) is 7.53. The first-order chi connectivity index (χ1) is 16.1. The molecule has 2 N–H and O–H groups in total. The molecule has 1 heterocycles. The van der Waals surface area contributed by atoms with Gasteiger partial charge in [-0.2, -0.15) is 0 Å². The molecule has 2 aromatic rings. The molecule has 1 amide bonds. The second-order valence-electron chi connectivity index (χ2n) is 11.6. The maximum Gasteiger partial charge on any atom is 0.495 e. The van der Waals surface area contributed by atoms with Gasteiger partial charge in [-0.05, 0) is 78.8 Å². The summed E-state index contributed by atoms with van der Waals surface area (Å²) in [6.45, 7) is 21.9. The lowest BCUT2D eigenvalue weighted by Crippen LogP contribution is -2.43. The molecule has 0 spiro atoms. The second-order valence-corrected chi connectivity index (χ2v) is 17.2.